The average Bonchev–Trinajstić information content (AvgIpc) is 2.84. The number of benzene rings is 3. The monoisotopic (exact) mass is 439 g/mol. The topological polar surface area (TPSA) is 104 Å². The summed E-state index contributed by atoms with van der Waals surface area (Å²) >= 11 is 0. The highest BCUT2D eigenvalue weighted by atomic mass is 16.2. The smallest absolute Gasteiger partial charge is 0.242 e. The molecule has 3 aromatic carbocycles. The molecule has 4 N–H and O–H groups in total. The van der Waals surface area contributed by atoms with E-state index in [9.17, 15) is 4.79 Å². The van der Waals surface area contributed by atoms with Crippen molar-refractivity contribution in [2.75, 3.05) is 16.0 Å². The molecule has 1 aromatic heterocycles. The fraction of sp³-hybridized carbons (Fsp3) is 0.120. The molecule has 0 aliphatic carbocycles. The second kappa shape index (κ2) is 10.7. The Labute approximate surface area is 192 Å². The van der Waals surface area contributed by atoms with Crippen molar-refractivity contribution in [3.63, 3.8) is 0 Å². The van der Waals surface area contributed by atoms with E-state index in [1.807, 2.05) is 91.0 Å². The zero-order chi connectivity index (χ0) is 22.9. The van der Waals surface area contributed by atoms with Crippen molar-refractivity contribution in [3.05, 3.63) is 96.6 Å². The fourth-order valence-corrected chi connectivity index (χ4v) is 3.05. The average molecular weight is 440 g/mol. The largest absolute Gasteiger partial charge is 0.350 e. The van der Waals surface area contributed by atoms with Crippen molar-refractivity contribution in [3.8, 4) is 0 Å². The molecule has 166 valence electrons. The van der Waals surface area contributed by atoms with E-state index in [2.05, 4.69) is 36.2 Å². The Morgan fingerprint density at radius 2 is 1.15 bits per heavy atom. The van der Waals surface area contributed by atoms with E-state index in [4.69, 9.17) is 0 Å². The normalized spacial score (nSPS) is 11.3. The molecule has 0 radical (unpaired) electrons. The molecular weight excluding hydrogens is 414 g/mol. The first-order valence-electron chi connectivity index (χ1n) is 10.6. The highest BCUT2D eigenvalue weighted by Crippen LogP contribution is 2.18. The molecule has 0 aliphatic rings. The SMILES string of the molecule is C[C@H](Nc1nc(Nc2ccccc2)nc(Nc2ccccc2)n1)C(=O)NCc1ccccc1. The quantitative estimate of drug-likeness (QED) is 0.305. The molecule has 0 saturated heterocycles. The second-order valence-electron chi connectivity index (χ2n) is 7.36. The van der Waals surface area contributed by atoms with Gasteiger partial charge in [-0.05, 0) is 36.8 Å². The van der Waals surface area contributed by atoms with Crippen LogP contribution in [0.3, 0.4) is 0 Å². The maximum absolute atomic E-state index is 12.6. The predicted molar refractivity (Wildman–Crippen MR) is 131 cm³/mol. The van der Waals surface area contributed by atoms with Gasteiger partial charge in [-0.2, -0.15) is 15.0 Å². The van der Waals surface area contributed by atoms with Gasteiger partial charge in [0.2, 0.25) is 23.8 Å². The maximum Gasteiger partial charge on any atom is 0.242 e. The molecule has 1 amide bonds. The second-order valence-corrected chi connectivity index (χ2v) is 7.36. The van der Waals surface area contributed by atoms with Crippen molar-refractivity contribution in [1.29, 1.82) is 0 Å². The van der Waals surface area contributed by atoms with Crippen LogP contribution in [0.5, 0.6) is 0 Å². The number of carbonyl (C=O) groups excluding carboxylic acids is 1. The van der Waals surface area contributed by atoms with Gasteiger partial charge >= 0.3 is 0 Å². The molecule has 33 heavy (non-hydrogen) atoms. The number of carbonyl (C=O) groups is 1. The summed E-state index contributed by atoms with van der Waals surface area (Å²) in [5, 5.41) is 12.4. The summed E-state index contributed by atoms with van der Waals surface area (Å²) in [6, 6.07) is 28.4. The van der Waals surface area contributed by atoms with Gasteiger partial charge in [-0.3, -0.25) is 4.79 Å². The number of nitrogens with one attached hydrogen (secondary N) is 4. The fourth-order valence-electron chi connectivity index (χ4n) is 3.05. The number of nitrogens with zero attached hydrogens (tertiary/aromatic N) is 3. The van der Waals surface area contributed by atoms with Gasteiger partial charge in [0.1, 0.15) is 6.04 Å². The van der Waals surface area contributed by atoms with E-state index >= 15 is 0 Å². The summed E-state index contributed by atoms with van der Waals surface area (Å²) in [7, 11) is 0. The zero-order valence-electron chi connectivity index (χ0n) is 18.2. The first kappa shape index (κ1) is 21.8. The lowest BCUT2D eigenvalue weighted by molar-refractivity contribution is -0.121. The molecule has 1 atom stereocenters. The molecule has 8 heteroatoms. The van der Waals surface area contributed by atoms with Crippen LogP contribution in [-0.2, 0) is 11.3 Å². The van der Waals surface area contributed by atoms with Crippen LogP contribution >= 0.6 is 0 Å². The minimum atomic E-state index is -0.551. The van der Waals surface area contributed by atoms with Crippen molar-refractivity contribution < 1.29 is 4.79 Å². The van der Waals surface area contributed by atoms with Crippen LogP contribution in [0.1, 0.15) is 12.5 Å². The number of rotatable bonds is 9. The van der Waals surface area contributed by atoms with Crippen LogP contribution in [0.25, 0.3) is 0 Å². The van der Waals surface area contributed by atoms with Gasteiger partial charge in [-0.1, -0.05) is 66.7 Å². The number of amides is 1. The highest BCUT2D eigenvalue weighted by molar-refractivity contribution is 5.83. The Bertz CT molecular complexity index is 1110. The third kappa shape index (κ3) is 6.51. The standard InChI is InChI=1S/C25H25N7O/c1-18(22(33)26-17-19-11-5-2-6-12-19)27-23-30-24(28-20-13-7-3-8-14-20)32-25(31-23)29-21-15-9-4-10-16-21/h2-16,18H,17H2,1H3,(H,26,33)(H3,27,28,29,30,31,32)/t18-/m0/s1. The van der Waals surface area contributed by atoms with E-state index < -0.39 is 6.04 Å². The lowest BCUT2D eigenvalue weighted by Crippen LogP contribution is -2.37. The van der Waals surface area contributed by atoms with Gasteiger partial charge < -0.3 is 21.3 Å². The van der Waals surface area contributed by atoms with E-state index in [1.54, 1.807) is 6.92 Å². The minimum Gasteiger partial charge on any atom is -0.350 e. The Kier molecular flexibility index (Phi) is 7.07. The van der Waals surface area contributed by atoms with Crippen LogP contribution in [0, 0.1) is 0 Å². The Balaban J connectivity index is 1.49. The first-order chi connectivity index (χ1) is 16.2. The molecule has 0 unspecified atom stereocenters. The molecule has 0 saturated carbocycles. The molecule has 4 aromatic rings. The number of anilines is 5. The van der Waals surface area contributed by atoms with Crippen LogP contribution in [-0.4, -0.2) is 26.9 Å². The maximum atomic E-state index is 12.6. The molecule has 8 nitrogen and oxygen atoms in total. The molecule has 0 bridgehead atoms. The summed E-state index contributed by atoms with van der Waals surface area (Å²) in [6.07, 6.45) is 0. The van der Waals surface area contributed by atoms with Gasteiger partial charge in [0.15, 0.2) is 0 Å². The summed E-state index contributed by atoms with van der Waals surface area (Å²) in [6.45, 7) is 2.21. The third-order valence-corrected chi connectivity index (χ3v) is 4.74. The molecular formula is C25H25N7O. The van der Waals surface area contributed by atoms with Gasteiger partial charge in [0.25, 0.3) is 0 Å². The molecule has 4 rings (SSSR count). The first-order valence-corrected chi connectivity index (χ1v) is 10.6. The van der Waals surface area contributed by atoms with Crippen molar-refractivity contribution in [1.82, 2.24) is 20.3 Å². The summed E-state index contributed by atoms with van der Waals surface area (Å²) in [5.41, 5.74) is 2.71. The van der Waals surface area contributed by atoms with Crippen molar-refractivity contribution in [2.45, 2.75) is 19.5 Å². The summed E-state index contributed by atoms with van der Waals surface area (Å²) in [5.74, 6) is 0.835. The molecule has 0 aliphatic heterocycles. The van der Waals surface area contributed by atoms with Gasteiger partial charge in [0, 0.05) is 17.9 Å². The van der Waals surface area contributed by atoms with E-state index in [0.29, 0.717) is 18.4 Å². The Morgan fingerprint density at radius 1 is 0.697 bits per heavy atom. The van der Waals surface area contributed by atoms with E-state index in [-0.39, 0.29) is 11.9 Å². The van der Waals surface area contributed by atoms with Gasteiger partial charge in [-0.25, -0.2) is 0 Å². The zero-order valence-corrected chi connectivity index (χ0v) is 18.2. The number of hydrogen-bond acceptors (Lipinski definition) is 7. The van der Waals surface area contributed by atoms with Gasteiger partial charge in [-0.15, -0.1) is 0 Å². The highest BCUT2D eigenvalue weighted by Gasteiger charge is 2.15. The number of para-hydroxylation sites is 2. The summed E-state index contributed by atoms with van der Waals surface area (Å²) in [4.78, 5) is 26.0. The number of aromatic nitrogens is 3. The van der Waals surface area contributed by atoms with E-state index in [0.717, 1.165) is 16.9 Å². The van der Waals surface area contributed by atoms with Crippen molar-refractivity contribution in [2.24, 2.45) is 0 Å². The van der Waals surface area contributed by atoms with Crippen molar-refractivity contribution >= 4 is 35.1 Å². The van der Waals surface area contributed by atoms with Crippen LogP contribution in [0.4, 0.5) is 29.2 Å². The molecule has 0 spiro atoms. The lowest BCUT2D eigenvalue weighted by Gasteiger charge is -2.16. The van der Waals surface area contributed by atoms with Crippen LogP contribution in [0.15, 0.2) is 91.0 Å². The van der Waals surface area contributed by atoms with Crippen LogP contribution < -0.4 is 21.3 Å². The third-order valence-electron chi connectivity index (χ3n) is 4.74. The van der Waals surface area contributed by atoms with Crippen LogP contribution in [0.2, 0.25) is 0 Å². The minimum absolute atomic E-state index is 0.158. The van der Waals surface area contributed by atoms with Gasteiger partial charge in [0.05, 0.1) is 0 Å². The molecule has 0 fully saturated rings. The Morgan fingerprint density at radius 3 is 1.67 bits per heavy atom. The van der Waals surface area contributed by atoms with E-state index in [1.165, 1.54) is 0 Å². The summed E-state index contributed by atoms with van der Waals surface area (Å²) < 4.78 is 0. The predicted octanol–water partition coefficient (Wildman–Crippen LogP) is 4.48. The number of hydrogen-bond donors (Lipinski definition) is 4. The lowest BCUT2D eigenvalue weighted by atomic mass is 10.2. The molecule has 1 heterocycles. The Hall–Kier alpha value is -4.46.